The van der Waals surface area contributed by atoms with Crippen LogP contribution >= 0.6 is 0 Å². The molecule has 0 spiro atoms. The Morgan fingerprint density at radius 1 is 1.15 bits per heavy atom. The molecule has 0 unspecified atom stereocenters. The SMILES string of the molecule is COc1ccccc1[C@@H](C)NC(=O)c1ccccc1F. The van der Waals surface area contributed by atoms with Crippen molar-refractivity contribution in [2.75, 3.05) is 7.11 Å². The Labute approximate surface area is 117 Å². The molecule has 0 saturated heterocycles. The van der Waals surface area contributed by atoms with Gasteiger partial charge in [0.15, 0.2) is 0 Å². The number of methoxy groups -OCH3 is 1. The second kappa shape index (κ2) is 6.19. The van der Waals surface area contributed by atoms with Crippen molar-refractivity contribution in [2.45, 2.75) is 13.0 Å². The zero-order chi connectivity index (χ0) is 14.5. The van der Waals surface area contributed by atoms with Gasteiger partial charge in [-0.15, -0.1) is 0 Å². The number of carbonyl (C=O) groups is 1. The highest BCUT2D eigenvalue weighted by molar-refractivity contribution is 5.94. The van der Waals surface area contributed by atoms with E-state index in [2.05, 4.69) is 5.32 Å². The van der Waals surface area contributed by atoms with E-state index in [-0.39, 0.29) is 11.6 Å². The Morgan fingerprint density at radius 2 is 1.80 bits per heavy atom. The molecule has 0 heterocycles. The first kappa shape index (κ1) is 14.1. The third kappa shape index (κ3) is 2.96. The molecule has 2 aromatic carbocycles. The van der Waals surface area contributed by atoms with E-state index >= 15 is 0 Å². The summed E-state index contributed by atoms with van der Waals surface area (Å²) in [6.45, 7) is 1.83. The fourth-order valence-corrected chi connectivity index (χ4v) is 2.02. The Morgan fingerprint density at radius 3 is 2.50 bits per heavy atom. The van der Waals surface area contributed by atoms with Crippen LogP contribution in [0, 0.1) is 5.82 Å². The number of hydrogen-bond acceptors (Lipinski definition) is 2. The average molecular weight is 273 g/mol. The van der Waals surface area contributed by atoms with E-state index in [0.717, 1.165) is 5.56 Å². The van der Waals surface area contributed by atoms with Crippen molar-refractivity contribution < 1.29 is 13.9 Å². The summed E-state index contributed by atoms with van der Waals surface area (Å²) >= 11 is 0. The smallest absolute Gasteiger partial charge is 0.254 e. The maximum Gasteiger partial charge on any atom is 0.254 e. The summed E-state index contributed by atoms with van der Waals surface area (Å²) in [5.74, 6) is -0.285. The van der Waals surface area contributed by atoms with E-state index in [1.54, 1.807) is 19.2 Å². The van der Waals surface area contributed by atoms with Gasteiger partial charge in [0, 0.05) is 5.56 Å². The van der Waals surface area contributed by atoms with Gasteiger partial charge in [-0.05, 0) is 25.1 Å². The summed E-state index contributed by atoms with van der Waals surface area (Å²) in [5.41, 5.74) is 0.883. The molecule has 2 rings (SSSR count). The van der Waals surface area contributed by atoms with Crippen LogP contribution in [0.5, 0.6) is 5.75 Å². The van der Waals surface area contributed by atoms with Crippen LogP contribution < -0.4 is 10.1 Å². The molecule has 0 aliphatic carbocycles. The van der Waals surface area contributed by atoms with E-state index in [4.69, 9.17) is 4.74 Å². The third-order valence-corrected chi connectivity index (χ3v) is 3.07. The molecular weight excluding hydrogens is 257 g/mol. The summed E-state index contributed by atoms with van der Waals surface area (Å²) in [7, 11) is 1.57. The summed E-state index contributed by atoms with van der Waals surface area (Å²) in [6.07, 6.45) is 0. The number of carbonyl (C=O) groups excluding carboxylic acids is 1. The first-order chi connectivity index (χ1) is 9.63. The van der Waals surface area contributed by atoms with E-state index in [9.17, 15) is 9.18 Å². The molecule has 1 N–H and O–H groups in total. The molecule has 0 aliphatic heterocycles. The summed E-state index contributed by atoms with van der Waals surface area (Å²) in [5, 5.41) is 2.77. The highest BCUT2D eigenvalue weighted by Gasteiger charge is 2.16. The van der Waals surface area contributed by atoms with Gasteiger partial charge in [0.05, 0.1) is 18.7 Å². The summed E-state index contributed by atoms with van der Waals surface area (Å²) in [4.78, 5) is 12.1. The van der Waals surface area contributed by atoms with Gasteiger partial charge < -0.3 is 10.1 Å². The largest absolute Gasteiger partial charge is 0.496 e. The Hall–Kier alpha value is -2.36. The molecule has 4 heteroatoms. The van der Waals surface area contributed by atoms with Gasteiger partial charge in [0.25, 0.3) is 5.91 Å². The standard InChI is InChI=1S/C16H16FNO2/c1-11(12-7-4-6-10-15(12)20-2)18-16(19)13-8-3-5-9-14(13)17/h3-11H,1-2H3,(H,18,19)/t11-/m1/s1. The highest BCUT2D eigenvalue weighted by atomic mass is 19.1. The summed E-state index contributed by atoms with van der Waals surface area (Å²) < 4.78 is 18.8. The molecule has 104 valence electrons. The predicted octanol–water partition coefficient (Wildman–Crippen LogP) is 3.33. The fourth-order valence-electron chi connectivity index (χ4n) is 2.02. The van der Waals surface area contributed by atoms with Crippen LogP contribution in [0.4, 0.5) is 4.39 Å². The number of nitrogens with one attached hydrogen (secondary N) is 1. The molecule has 3 nitrogen and oxygen atoms in total. The predicted molar refractivity (Wildman–Crippen MR) is 75.3 cm³/mol. The minimum absolute atomic E-state index is 0.0363. The topological polar surface area (TPSA) is 38.3 Å². The zero-order valence-electron chi connectivity index (χ0n) is 11.4. The minimum atomic E-state index is -0.530. The van der Waals surface area contributed by atoms with Crippen molar-refractivity contribution in [3.8, 4) is 5.75 Å². The molecule has 1 amide bonds. The lowest BCUT2D eigenvalue weighted by Crippen LogP contribution is -2.27. The molecule has 0 aromatic heterocycles. The van der Waals surface area contributed by atoms with Gasteiger partial charge in [0.1, 0.15) is 11.6 Å². The van der Waals surface area contributed by atoms with E-state index in [1.807, 2.05) is 31.2 Å². The van der Waals surface area contributed by atoms with Crippen LogP contribution in [-0.2, 0) is 0 Å². The highest BCUT2D eigenvalue weighted by Crippen LogP contribution is 2.24. The quantitative estimate of drug-likeness (QED) is 0.928. The van der Waals surface area contributed by atoms with Gasteiger partial charge in [-0.1, -0.05) is 30.3 Å². The first-order valence-corrected chi connectivity index (χ1v) is 6.31. The number of benzene rings is 2. The normalized spacial score (nSPS) is 11.8. The lowest BCUT2D eigenvalue weighted by atomic mass is 10.1. The van der Waals surface area contributed by atoms with Crippen LogP contribution in [0.3, 0.4) is 0 Å². The lowest BCUT2D eigenvalue weighted by molar-refractivity contribution is 0.0935. The second-order valence-electron chi connectivity index (χ2n) is 4.42. The second-order valence-corrected chi connectivity index (χ2v) is 4.42. The van der Waals surface area contributed by atoms with Crippen LogP contribution in [0.25, 0.3) is 0 Å². The van der Waals surface area contributed by atoms with Crippen molar-refractivity contribution in [1.82, 2.24) is 5.32 Å². The number of hydrogen-bond donors (Lipinski definition) is 1. The number of amides is 1. The monoisotopic (exact) mass is 273 g/mol. The third-order valence-electron chi connectivity index (χ3n) is 3.07. The first-order valence-electron chi connectivity index (χ1n) is 6.31. The fraction of sp³-hybridized carbons (Fsp3) is 0.188. The number of para-hydroxylation sites is 1. The van der Waals surface area contributed by atoms with Crippen LogP contribution in [0.2, 0.25) is 0 Å². The van der Waals surface area contributed by atoms with Gasteiger partial charge in [-0.2, -0.15) is 0 Å². The molecule has 0 fully saturated rings. The van der Waals surface area contributed by atoms with Gasteiger partial charge in [0.2, 0.25) is 0 Å². The Balaban J connectivity index is 2.18. The van der Waals surface area contributed by atoms with Gasteiger partial charge in [-0.3, -0.25) is 4.79 Å². The molecule has 0 radical (unpaired) electrons. The van der Waals surface area contributed by atoms with Crippen LogP contribution in [0.1, 0.15) is 28.9 Å². The van der Waals surface area contributed by atoms with Gasteiger partial charge in [-0.25, -0.2) is 4.39 Å². The molecule has 2 aromatic rings. The van der Waals surface area contributed by atoms with Crippen molar-refractivity contribution in [1.29, 1.82) is 0 Å². The van der Waals surface area contributed by atoms with Crippen molar-refractivity contribution in [3.05, 3.63) is 65.5 Å². The number of halogens is 1. The van der Waals surface area contributed by atoms with Crippen LogP contribution in [-0.4, -0.2) is 13.0 Å². The number of rotatable bonds is 4. The Bertz CT molecular complexity index is 613. The van der Waals surface area contributed by atoms with Crippen molar-refractivity contribution >= 4 is 5.91 Å². The van der Waals surface area contributed by atoms with Crippen molar-refractivity contribution in [2.24, 2.45) is 0 Å². The lowest BCUT2D eigenvalue weighted by Gasteiger charge is -2.17. The number of ether oxygens (including phenoxy) is 1. The molecular formula is C16H16FNO2. The maximum absolute atomic E-state index is 13.6. The Kier molecular flexibility index (Phi) is 4.35. The molecule has 0 bridgehead atoms. The zero-order valence-corrected chi connectivity index (χ0v) is 11.4. The molecule has 1 atom stereocenters. The van der Waals surface area contributed by atoms with Gasteiger partial charge >= 0.3 is 0 Å². The molecule has 0 aliphatic rings. The minimum Gasteiger partial charge on any atom is -0.496 e. The van der Waals surface area contributed by atoms with E-state index < -0.39 is 11.7 Å². The summed E-state index contributed by atoms with van der Waals surface area (Å²) in [6, 6.07) is 13.0. The molecule has 0 saturated carbocycles. The molecule has 20 heavy (non-hydrogen) atoms. The van der Waals surface area contributed by atoms with Crippen LogP contribution in [0.15, 0.2) is 48.5 Å². The van der Waals surface area contributed by atoms with Crippen molar-refractivity contribution in [3.63, 3.8) is 0 Å². The average Bonchev–Trinajstić information content (AvgIpc) is 2.47. The van der Waals surface area contributed by atoms with E-state index in [1.165, 1.54) is 12.1 Å². The van der Waals surface area contributed by atoms with E-state index in [0.29, 0.717) is 5.75 Å². The maximum atomic E-state index is 13.6.